The van der Waals surface area contributed by atoms with E-state index in [1.165, 1.54) is 0 Å². The molecule has 106 valence electrons. The summed E-state index contributed by atoms with van der Waals surface area (Å²) in [5.74, 6) is -1.35. The van der Waals surface area contributed by atoms with Crippen LogP contribution in [0.5, 0.6) is 0 Å². The Balaban J connectivity index is 5.34. The molecule has 0 aliphatic rings. The second-order valence-corrected chi connectivity index (χ2v) is 3.77. The van der Waals surface area contributed by atoms with Crippen molar-refractivity contribution in [3.05, 3.63) is 0 Å². The van der Waals surface area contributed by atoms with E-state index in [-0.39, 0.29) is 12.8 Å². The van der Waals surface area contributed by atoms with Gasteiger partial charge in [0.2, 0.25) is 6.41 Å². The van der Waals surface area contributed by atoms with E-state index in [0.29, 0.717) is 6.42 Å². The van der Waals surface area contributed by atoms with Gasteiger partial charge < -0.3 is 15.2 Å². The predicted octanol–water partition coefficient (Wildman–Crippen LogP) is 0.758. The molecule has 0 bridgehead atoms. The minimum Gasteiger partial charge on any atom is -0.467 e. The molecule has 5 nitrogen and oxygen atoms in total. The lowest BCUT2D eigenvalue weighted by Crippen LogP contribution is -2.63. The van der Waals surface area contributed by atoms with Crippen molar-refractivity contribution in [3.8, 4) is 0 Å². The molecule has 0 aromatic carbocycles. The van der Waals surface area contributed by atoms with E-state index >= 15 is 0 Å². The Labute approximate surface area is 102 Å². The van der Waals surface area contributed by atoms with Gasteiger partial charge in [-0.25, -0.2) is 4.79 Å². The summed E-state index contributed by atoms with van der Waals surface area (Å²) in [7, 11) is 0.873. The summed E-state index contributed by atoms with van der Waals surface area (Å²) < 4.78 is 42.8. The first-order valence-corrected chi connectivity index (χ1v) is 5.31. The van der Waals surface area contributed by atoms with E-state index in [4.69, 9.17) is 0 Å². The van der Waals surface area contributed by atoms with Crippen molar-refractivity contribution in [1.82, 2.24) is 5.32 Å². The number of hydrogen-bond acceptors (Lipinski definition) is 4. The molecule has 1 amide bonds. The molecule has 0 unspecified atom stereocenters. The molecule has 2 N–H and O–H groups in total. The Morgan fingerprint density at radius 2 is 2.06 bits per heavy atom. The minimum absolute atomic E-state index is 0.0457. The van der Waals surface area contributed by atoms with Crippen LogP contribution in [0.25, 0.3) is 0 Å². The van der Waals surface area contributed by atoms with Crippen molar-refractivity contribution >= 4 is 12.4 Å². The van der Waals surface area contributed by atoms with Crippen LogP contribution < -0.4 is 5.32 Å². The van der Waals surface area contributed by atoms with Gasteiger partial charge in [-0.3, -0.25) is 4.79 Å². The maximum Gasteiger partial charge on any atom is 0.419 e. The highest BCUT2D eigenvalue weighted by Gasteiger charge is 2.60. The second kappa shape index (κ2) is 6.58. The Hall–Kier alpha value is -1.31. The first-order chi connectivity index (χ1) is 8.24. The molecule has 0 aromatic rings. The Morgan fingerprint density at radius 3 is 2.39 bits per heavy atom. The fraction of sp³-hybridized carbons (Fsp3) is 0.800. The van der Waals surface area contributed by atoms with Gasteiger partial charge in [-0.1, -0.05) is 19.8 Å². The number of methoxy groups -OCH3 is 1. The average molecular weight is 271 g/mol. The zero-order chi connectivity index (χ0) is 14.4. The van der Waals surface area contributed by atoms with E-state index in [1.54, 1.807) is 12.2 Å². The van der Waals surface area contributed by atoms with Crippen LogP contribution in [0.2, 0.25) is 0 Å². The van der Waals surface area contributed by atoms with Crippen LogP contribution in [0.15, 0.2) is 0 Å². The highest BCUT2D eigenvalue weighted by molar-refractivity contribution is 5.79. The Bertz CT molecular complexity index is 295. The lowest BCUT2D eigenvalue weighted by atomic mass is 9.87. The number of esters is 1. The number of unbranched alkanes of at least 4 members (excludes halogenated alkanes) is 1. The number of amides is 1. The summed E-state index contributed by atoms with van der Waals surface area (Å²) in [4.78, 5) is 21.5. The third-order valence-corrected chi connectivity index (χ3v) is 2.55. The third-order valence-electron chi connectivity index (χ3n) is 2.55. The first kappa shape index (κ1) is 16.7. The van der Waals surface area contributed by atoms with E-state index in [2.05, 4.69) is 4.74 Å². The average Bonchev–Trinajstić information content (AvgIpc) is 2.30. The van der Waals surface area contributed by atoms with Crippen LogP contribution >= 0.6 is 0 Å². The quantitative estimate of drug-likeness (QED) is 0.529. The number of carbonyl (C=O) groups excluding carboxylic acids is 2. The lowest BCUT2D eigenvalue weighted by molar-refractivity contribution is -0.272. The van der Waals surface area contributed by atoms with Gasteiger partial charge in [-0.2, -0.15) is 13.2 Å². The van der Waals surface area contributed by atoms with Crippen LogP contribution in [-0.4, -0.2) is 42.4 Å². The van der Waals surface area contributed by atoms with E-state index in [0.717, 1.165) is 7.11 Å². The molecular formula is C10H16F3NO4. The Kier molecular flexibility index (Phi) is 6.10. The standard InChI is InChI=1S/C10H16F3NO4/c1-3-4-5-9(17,10(11,12)13)7(14-6-15)8(16)18-2/h6-7,17H,3-5H2,1-2H3,(H,14,15)/t7-,9-/m1/s1. The van der Waals surface area contributed by atoms with E-state index in [1.807, 2.05) is 0 Å². The molecule has 18 heavy (non-hydrogen) atoms. The molecule has 0 rings (SSSR count). The summed E-state index contributed by atoms with van der Waals surface area (Å²) in [5.41, 5.74) is -3.34. The van der Waals surface area contributed by atoms with Gasteiger partial charge in [-0.15, -0.1) is 0 Å². The molecular weight excluding hydrogens is 255 g/mol. The second-order valence-electron chi connectivity index (χ2n) is 3.77. The molecule has 0 spiro atoms. The van der Waals surface area contributed by atoms with E-state index < -0.39 is 30.2 Å². The number of alkyl halides is 3. The summed E-state index contributed by atoms with van der Waals surface area (Å²) >= 11 is 0. The highest BCUT2D eigenvalue weighted by Crippen LogP contribution is 2.37. The fourth-order valence-electron chi connectivity index (χ4n) is 1.48. The smallest absolute Gasteiger partial charge is 0.419 e. The van der Waals surface area contributed by atoms with Gasteiger partial charge in [-0.05, 0) is 6.42 Å². The monoisotopic (exact) mass is 271 g/mol. The van der Waals surface area contributed by atoms with Crippen molar-refractivity contribution < 1.29 is 32.6 Å². The number of rotatable bonds is 7. The number of aliphatic hydroxyl groups is 1. The number of hydrogen-bond donors (Lipinski definition) is 2. The zero-order valence-electron chi connectivity index (χ0n) is 10.1. The molecule has 2 atom stereocenters. The number of nitrogens with one attached hydrogen (secondary N) is 1. The molecule has 0 radical (unpaired) electrons. The third kappa shape index (κ3) is 3.59. The van der Waals surface area contributed by atoms with Crippen LogP contribution in [-0.2, 0) is 14.3 Å². The van der Waals surface area contributed by atoms with Gasteiger partial charge in [0.15, 0.2) is 11.6 Å². The SMILES string of the molecule is CCCC[C@@](O)([C@H](NC=O)C(=O)OC)C(F)(F)F. The van der Waals surface area contributed by atoms with Gasteiger partial charge in [0.05, 0.1) is 7.11 Å². The summed E-state index contributed by atoms with van der Waals surface area (Å²) in [6.07, 6.45) is -5.40. The molecule has 8 heteroatoms. The maximum absolute atomic E-state index is 12.9. The molecule has 0 saturated carbocycles. The van der Waals surface area contributed by atoms with E-state index in [9.17, 15) is 27.9 Å². The summed E-state index contributed by atoms with van der Waals surface area (Å²) in [6.45, 7) is 1.64. The number of halogens is 3. The maximum atomic E-state index is 12.9. The molecule has 0 saturated heterocycles. The molecule has 0 aromatic heterocycles. The molecule has 0 aliphatic heterocycles. The van der Waals surface area contributed by atoms with Crippen molar-refractivity contribution in [3.63, 3.8) is 0 Å². The Morgan fingerprint density at radius 1 is 1.50 bits per heavy atom. The van der Waals surface area contributed by atoms with Crippen molar-refractivity contribution in [2.45, 2.75) is 44.0 Å². The number of carbonyl (C=O) groups is 2. The van der Waals surface area contributed by atoms with Crippen molar-refractivity contribution in [1.29, 1.82) is 0 Å². The predicted molar refractivity (Wildman–Crippen MR) is 55.5 cm³/mol. The van der Waals surface area contributed by atoms with Gasteiger partial charge in [0.1, 0.15) is 0 Å². The lowest BCUT2D eigenvalue weighted by Gasteiger charge is -2.35. The molecule has 0 heterocycles. The van der Waals surface area contributed by atoms with Crippen LogP contribution in [0.1, 0.15) is 26.2 Å². The topological polar surface area (TPSA) is 75.6 Å². The van der Waals surface area contributed by atoms with Crippen LogP contribution in [0.3, 0.4) is 0 Å². The van der Waals surface area contributed by atoms with Crippen molar-refractivity contribution in [2.75, 3.05) is 7.11 Å². The first-order valence-electron chi connectivity index (χ1n) is 5.31. The molecule has 0 fully saturated rings. The summed E-state index contributed by atoms with van der Waals surface area (Å²) in [5, 5.41) is 11.4. The largest absolute Gasteiger partial charge is 0.467 e. The van der Waals surface area contributed by atoms with Gasteiger partial charge in [0, 0.05) is 0 Å². The number of ether oxygens (including phenoxy) is 1. The minimum atomic E-state index is -5.06. The normalized spacial score (nSPS) is 16.6. The molecule has 0 aliphatic carbocycles. The zero-order valence-corrected chi connectivity index (χ0v) is 10.1. The fourth-order valence-corrected chi connectivity index (χ4v) is 1.48. The highest BCUT2D eigenvalue weighted by atomic mass is 19.4. The van der Waals surface area contributed by atoms with Gasteiger partial charge in [0.25, 0.3) is 0 Å². The summed E-state index contributed by atoms with van der Waals surface area (Å²) in [6, 6.07) is -2.17. The van der Waals surface area contributed by atoms with Crippen molar-refractivity contribution in [2.24, 2.45) is 0 Å². The van der Waals surface area contributed by atoms with Crippen LogP contribution in [0, 0.1) is 0 Å². The van der Waals surface area contributed by atoms with Crippen LogP contribution in [0.4, 0.5) is 13.2 Å². The van der Waals surface area contributed by atoms with Gasteiger partial charge >= 0.3 is 12.1 Å².